The van der Waals surface area contributed by atoms with E-state index < -0.39 is 5.41 Å². The Morgan fingerprint density at radius 2 is 2.08 bits per heavy atom. The van der Waals surface area contributed by atoms with Crippen LogP contribution in [0.15, 0.2) is 18.2 Å². The molecule has 0 radical (unpaired) electrons. The summed E-state index contributed by atoms with van der Waals surface area (Å²) in [7, 11) is 0. The van der Waals surface area contributed by atoms with Crippen LogP contribution in [0.2, 0.25) is 0 Å². The summed E-state index contributed by atoms with van der Waals surface area (Å²) < 4.78 is 14.1. The van der Waals surface area contributed by atoms with Gasteiger partial charge in [-0.3, -0.25) is 9.59 Å². The van der Waals surface area contributed by atoms with E-state index in [2.05, 4.69) is 10.6 Å². The van der Waals surface area contributed by atoms with Crippen molar-refractivity contribution in [2.45, 2.75) is 45.2 Å². The second-order valence-corrected chi connectivity index (χ2v) is 6.77. The fourth-order valence-corrected chi connectivity index (χ4v) is 4.05. The second kappa shape index (κ2) is 8.15. The Morgan fingerprint density at radius 3 is 2.64 bits per heavy atom. The van der Waals surface area contributed by atoms with Crippen LogP contribution in [0.4, 0.5) is 4.39 Å². The van der Waals surface area contributed by atoms with E-state index in [9.17, 15) is 14.0 Å². The zero-order valence-electron chi connectivity index (χ0n) is 14.1. The molecule has 1 aliphatic heterocycles. The maximum Gasteiger partial charge on any atom is 0.236 e. The molecule has 1 saturated heterocycles. The van der Waals surface area contributed by atoms with E-state index in [4.69, 9.17) is 5.73 Å². The van der Waals surface area contributed by atoms with E-state index in [0.717, 1.165) is 25.7 Å². The van der Waals surface area contributed by atoms with E-state index in [1.165, 1.54) is 6.07 Å². The van der Waals surface area contributed by atoms with Gasteiger partial charge < -0.3 is 16.4 Å². The SMILES string of the molecule is Cl.NCc1ccc(CNC(=O)[C@@]2(C3CCCC3)CCNC2=O)c(F)c1. The van der Waals surface area contributed by atoms with Crippen LogP contribution in [-0.4, -0.2) is 18.4 Å². The Hall–Kier alpha value is -1.66. The van der Waals surface area contributed by atoms with E-state index >= 15 is 0 Å². The van der Waals surface area contributed by atoms with Crippen molar-refractivity contribution in [2.75, 3.05) is 6.54 Å². The maximum atomic E-state index is 14.1. The lowest BCUT2D eigenvalue weighted by atomic mass is 9.72. The van der Waals surface area contributed by atoms with E-state index in [1.807, 2.05) is 0 Å². The fourth-order valence-electron chi connectivity index (χ4n) is 4.05. The lowest BCUT2D eigenvalue weighted by molar-refractivity contribution is -0.144. The van der Waals surface area contributed by atoms with Gasteiger partial charge in [-0.25, -0.2) is 4.39 Å². The first-order chi connectivity index (χ1) is 11.6. The quantitative estimate of drug-likeness (QED) is 0.694. The summed E-state index contributed by atoms with van der Waals surface area (Å²) in [5.74, 6) is -0.744. The van der Waals surface area contributed by atoms with Gasteiger partial charge >= 0.3 is 0 Å². The predicted molar refractivity (Wildman–Crippen MR) is 95.4 cm³/mol. The van der Waals surface area contributed by atoms with Gasteiger partial charge in [-0.05, 0) is 36.8 Å². The zero-order chi connectivity index (χ0) is 17.2. The van der Waals surface area contributed by atoms with Crippen molar-refractivity contribution in [1.29, 1.82) is 0 Å². The number of nitrogens with two attached hydrogens (primary N) is 1. The summed E-state index contributed by atoms with van der Waals surface area (Å²) in [5.41, 5.74) is 5.63. The second-order valence-electron chi connectivity index (χ2n) is 6.77. The van der Waals surface area contributed by atoms with Crippen LogP contribution in [0, 0.1) is 17.2 Å². The molecule has 2 aliphatic rings. The number of amides is 2. The van der Waals surface area contributed by atoms with Crippen molar-refractivity contribution in [1.82, 2.24) is 10.6 Å². The highest BCUT2D eigenvalue weighted by molar-refractivity contribution is 6.06. The number of rotatable bonds is 5. The van der Waals surface area contributed by atoms with E-state index in [0.29, 0.717) is 24.1 Å². The Bertz CT molecular complexity index is 649. The molecule has 0 unspecified atom stereocenters. The lowest BCUT2D eigenvalue weighted by Crippen LogP contribution is -2.50. The lowest BCUT2D eigenvalue weighted by Gasteiger charge is -2.31. The Labute approximate surface area is 153 Å². The summed E-state index contributed by atoms with van der Waals surface area (Å²) in [6.07, 6.45) is 4.45. The molecule has 0 spiro atoms. The molecule has 4 N–H and O–H groups in total. The highest BCUT2D eigenvalue weighted by atomic mass is 35.5. The molecule has 25 heavy (non-hydrogen) atoms. The number of hydrogen-bond donors (Lipinski definition) is 3. The first-order valence-corrected chi connectivity index (χ1v) is 8.62. The summed E-state index contributed by atoms with van der Waals surface area (Å²) in [6.45, 7) is 0.883. The van der Waals surface area contributed by atoms with Crippen LogP contribution < -0.4 is 16.4 Å². The molecule has 3 rings (SSSR count). The third-order valence-corrected chi connectivity index (χ3v) is 5.46. The minimum Gasteiger partial charge on any atom is -0.355 e. The van der Waals surface area contributed by atoms with Gasteiger partial charge in [0.15, 0.2) is 0 Å². The van der Waals surface area contributed by atoms with Crippen molar-refractivity contribution in [3.63, 3.8) is 0 Å². The average Bonchev–Trinajstić information content (AvgIpc) is 3.23. The van der Waals surface area contributed by atoms with E-state index in [-0.39, 0.29) is 49.0 Å². The van der Waals surface area contributed by atoms with E-state index in [1.54, 1.807) is 12.1 Å². The minimum absolute atomic E-state index is 0. The van der Waals surface area contributed by atoms with Crippen LogP contribution in [0.5, 0.6) is 0 Å². The molecule has 1 atom stereocenters. The summed E-state index contributed by atoms with van der Waals surface area (Å²) in [6, 6.07) is 4.77. The molecule has 1 aromatic rings. The fraction of sp³-hybridized carbons (Fsp3) is 0.556. The van der Waals surface area contributed by atoms with Crippen LogP contribution in [0.1, 0.15) is 43.2 Å². The Kier molecular flexibility index (Phi) is 6.41. The topological polar surface area (TPSA) is 84.2 Å². The molecule has 138 valence electrons. The van der Waals surface area contributed by atoms with Crippen molar-refractivity contribution in [3.8, 4) is 0 Å². The molecule has 1 heterocycles. The number of carbonyl (C=O) groups is 2. The Balaban J connectivity index is 0.00000225. The first-order valence-electron chi connectivity index (χ1n) is 8.62. The van der Waals surface area contributed by atoms with Crippen molar-refractivity contribution in [3.05, 3.63) is 35.1 Å². The molecule has 0 bridgehead atoms. The largest absolute Gasteiger partial charge is 0.355 e. The van der Waals surface area contributed by atoms with Gasteiger partial charge in [0, 0.05) is 25.2 Å². The molecule has 0 aromatic heterocycles. The van der Waals surface area contributed by atoms with Gasteiger partial charge in [0.05, 0.1) is 0 Å². The van der Waals surface area contributed by atoms with Gasteiger partial charge in [-0.15, -0.1) is 12.4 Å². The molecule has 1 aliphatic carbocycles. The summed E-state index contributed by atoms with van der Waals surface area (Å²) >= 11 is 0. The first kappa shape index (κ1) is 19.7. The van der Waals surface area contributed by atoms with Gasteiger partial charge in [0.25, 0.3) is 0 Å². The van der Waals surface area contributed by atoms with Crippen LogP contribution in [0.25, 0.3) is 0 Å². The summed E-state index contributed by atoms with van der Waals surface area (Å²) in [5, 5.41) is 5.60. The van der Waals surface area contributed by atoms with Gasteiger partial charge in [0.1, 0.15) is 11.2 Å². The number of hydrogen-bond acceptors (Lipinski definition) is 3. The molecule has 7 heteroatoms. The van der Waals surface area contributed by atoms with Crippen LogP contribution >= 0.6 is 12.4 Å². The molecule has 1 aromatic carbocycles. The highest BCUT2D eigenvalue weighted by Crippen LogP contribution is 2.44. The number of nitrogens with one attached hydrogen (secondary N) is 2. The minimum atomic E-state index is -0.982. The van der Waals surface area contributed by atoms with Gasteiger partial charge in [-0.2, -0.15) is 0 Å². The molecule has 2 amide bonds. The third-order valence-electron chi connectivity index (χ3n) is 5.46. The third kappa shape index (κ3) is 3.65. The smallest absolute Gasteiger partial charge is 0.236 e. The van der Waals surface area contributed by atoms with Crippen molar-refractivity contribution >= 4 is 24.2 Å². The molecule has 5 nitrogen and oxygen atoms in total. The average molecular weight is 370 g/mol. The molecular weight excluding hydrogens is 345 g/mol. The summed E-state index contributed by atoms with van der Waals surface area (Å²) in [4.78, 5) is 25.3. The van der Waals surface area contributed by atoms with Crippen LogP contribution in [0.3, 0.4) is 0 Å². The van der Waals surface area contributed by atoms with Crippen LogP contribution in [-0.2, 0) is 22.7 Å². The standard InChI is InChI=1S/C18H24FN3O2.ClH/c19-15-9-12(10-20)5-6-13(15)11-22-17(24)18(7-8-21-16(18)23)14-3-1-2-4-14;/h5-6,9,14H,1-4,7-8,10-11,20H2,(H,21,23)(H,22,24);1H/t18-;/m1./s1. The Morgan fingerprint density at radius 1 is 1.36 bits per heavy atom. The van der Waals surface area contributed by atoms with Crippen molar-refractivity contribution in [2.24, 2.45) is 17.1 Å². The highest BCUT2D eigenvalue weighted by Gasteiger charge is 2.54. The molecule has 1 saturated carbocycles. The zero-order valence-corrected chi connectivity index (χ0v) is 15.0. The van der Waals surface area contributed by atoms with Crippen molar-refractivity contribution < 1.29 is 14.0 Å². The number of halogens is 2. The maximum absolute atomic E-state index is 14.1. The molecular formula is C18H25ClFN3O2. The molecule has 2 fully saturated rings. The van der Waals surface area contributed by atoms with Gasteiger partial charge in [-0.1, -0.05) is 25.0 Å². The normalized spacial score (nSPS) is 23.2. The number of carbonyl (C=O) groups excluding carboxylic acids is 2. The monoisotopic (exact) mass is 369 g/mol. The number of benzene rings is 1. The predicted octanol–water partition coefficient (Wildman–Crippen LogP) is 2.02. The van der Waals surface area contributed by atoms with Gasteiger partial charge in [0.2, 0.25) is 11.8 Å².